The van der Waals surface area contributed by atoms with Crippen molar-refractivity contribution in [2.24, 2.45) is 0 Å². The molecule has 1 atom stereocenters. The van der Waals surface area contributed by atoms with Gasteiger partial charge in [0.1, 0.15) is 0 Å². The van der Waals surface area contributed by atoms with Gasteiger partial charge in [-0.1, -0.05) is 0 Å². The van der Waals surface area contributed by atoms with Crippen molar-refractivity contribution in [2.75, 3.05) is 37.8 Å². The van der Waals surface area contributed by atoms with Crippen LogP contribution in [0.1, 0.15) is 17.4 Å². The minimum absolute atomic E-state index is 0.145. The maximum atomic E-state index is 12.8. The summed E-state index contributed by atoms with van der Waals surface area (Å²) >= 11 is 10.8. The molecule has 84 valence electrons. The number of rotatable bonds is 5. The lowest BCUT2D eigenvalue weighted by atomic mass is 10.5. The zero-order valence-electron chi connectivity index (χ0n) is 15.1. The van der Waals surface area contributed by atoms with Gasteiger partial charge in [0.15, 0.2) is 0 Å². The Kier molecular flexibility index (Phi) is 2.41. The van der Waals surface area contributed by atoms with Crippen molar-refractivity contribution in [1.82, 2.24) is 9.76 Å². The largest absolute Gasteiger partial charge is 0.343 e. The van der Waals surface area contributed by atoms with Gasteiger partial charge in [0.25, 0.3) is 0 Å². The van der Waals surface area contributed by atoms with Gasteiger partial charge >= 0.3 is 7.67 Å². The topological polar surface area (TPSA) is 41.6 Å². The van der Waals surface area contributed by atoms with Gasteiger partial charge in [-0.25, -0.2) is 9.76 Å². The van der Waals surface area contributed by atoms with E-state index in [-0.39, 0.29) is 17.6 Å². The van der Waals surface area contributed by atoms with Gasteiger partial charge in [0, 0.05) is 39.5 Å². The van der Waals surface area contributed by atoms with Gasteiger partial charge in [-0.2, -0.15) is 0 Å². The first-order valence-corrected chi connectivity index (χ1v) is 6.05. The molecule has 4 nitrogen and oxygen atoms in total. The second-order valence-electron chi connectivity index (χ2n) is 2.31. The second-order valence-corrected chi connectivity index (χ2v) is 4.79. The highest BCUT2D eigenvalue weighted by Gasteiger charge is 2.32. The van der Waals surface area contributed by atoms with Crippen molar-refractivity contribution in [1.29, 1.82) is 0 Å². The highest BCUT2D eigenvalue weighted by atomic mass is 35.5. The van der Waals surface area contributed by atoms with E-state index in [9.17, 15) is 4.57 Å². The van der Waals surface area contributed by atoms with Gasteiger partial charge in [-0.3, -0.25) is 4.57 Å². The smallest absolute Gasteiger partial charge is 0.306 e. The Bertz CT molecular complexity index is 468. The normalized spacial score (nSPS) is 43.4. The summed E-state index contributed by atoms with van der Waals surface area (Å²) in [4.78, 5) is 0. The highest BCUT2D eigenvalue weighted by Crippen LogP contribution is 2.47. The van der Waals surface area contributed by atoms with E-state index in [1.54, 1.807) is 0 Å². The molecular weight excluding hydrogens is 246 g/mol. The minimum Gasteiger partial charge on any atom is -0.306 e. The first kappa shape index (κ1) is 5.35. The van der Waals surface area contributed by atoms with E-state index in [1.807, 2.05) is 0 Å². The Morgan fingerprint density at radius 2 is 2.43 bits per heavy atom. The molecule has 0 aromatic rings. The van der Waals surface area contributed by atoms with Crippen LogP contribution in [0.4, 0.5) is 0 Å². The summed E-state index contributed by atoms with van der Waals surface area (Å²) in [5.74, 6) is -5.65. The average molecular weight is 269 g/mol. The summed E-state index contributed by atoms with van der Waals surface area (Å²) in [7, 11) is -4.48. The third kappa shape index (κ3) is 3.37. The average Bonchev–Trinajstić information content (AvgIpc) is 2.20. The number of nitrogens with one attached hydrogen (secondary N) is 1. The Balaban J connectivity index is 3.30. The molecule has 1 saturated heterocycles. The van der Waals surface area contributed by atoms with Crippen molar-refractivity contribution >= 4 is 30.9 Å². The van der Waals surface area contributed by atoms with E-state index in [4.69, 9.17) is 38.7 Å². The monoisotopic (exact) mass is 268 g/mol. The molecule has 1 aliphatic rings. The van der Waals surface area contributed by atoms with E-state index in [1.165, 1.54) is 0 Å². The maximum absolute atomic E-state index is 12.8. The Hall–Kier alpha value is 0.690. The minimum atomic E-state index is -4.48. The van der Waals surface area contributed by atoms with Crippen LogP contribution in [0.3, 0.4) is 0 Å². The van der Waals surface area contributed by atoms with Crippen LogP contribution in [0.25, 0.3) is 0 Å². The SMILES string of the molecule is [2H]C([2H])(Cl)CN(C([2H])([2H])C([2H])([2H])Cl)P1(=O)NCCC([2H])([2H])O1. The Labute approximate surface area is 106 Å². The molecule has 0 aromatic carbocycles. The Morgan fingerprint density at radius 3 is 3.00 bits per heavy atom. The standard InChI is InChI=1S/C7H15Cl2N2O2P/c8-2-5-11(6-3-9)14(12)10-4-1-7-13-14/h1-7H2,(H,10,12)/i2D2,3D2,5D2,7D2. The molecule has 0 radical (unpaired) electrons. The van der Waals surface area contributed by atoms with Gasteiger partial charge in [-0.15, -0.1) is 23.2 Å². The summed E-state index contributed by atoms with van der Waals surface area (Å²) in [6.45, 7) is -6.71. The first-order valence-electron chi connectivity index (χ1n) is 7.72. The number of nitrogens with zero attached hydrogens (tertiary/aromatic N) is 1. The van der Waals surface area contributed by atoms with Crippen LogP contribution < -0.4 is 5.09 Å². The molecule has 1 aliphatic heterocycles. The maximum Gasteiger partial charge on any atom is 0.343 e. The zero-order valence-corrected chi connectivity index (χ0v) is 9.49. The fourth-order valence-corrected chi connectivity index (χ4v) is 2.65. The molecule has 0 aliphatic carbocycles. The number of halogens is 2. The number of hydrogen-bond acceptors (Lipinski definition) is 2. The second kappa shape index (κ2) is 6.31. The lowest BCUT2D eigenvalue weighted by Gasteiger charge is -2.33. The molecule has 0 saturated carbocycles. The fourth-order valence-electron chi connectivity index (χ4n) is 0.852. The highest BCUT2D eigenvalue weighted by molar-refractivity contribution is 7.54. The molecule has 14 heavy (non-hydrogen) atoms. The van der Waals surface area contributed by atoms with Gasteiger partial charge in [-0.05, 0) is 6.42 Å². The number of alkyl halides is 2. The number of hydrogen-bond donors (Lipinski definition) is 1. The van der Waals surface area contributed by atoms with Crippen molar-refractivity contribution in [2.45, 2.75) is 6.42 Å². The van der Waals surface area contributed by atoms with Gasteiger partial charge in [0.05, 0.1) is 9.30 Å². The van der Waals surface area contributed by atoms with Crippen molar-refractivity contribution in [3.05, 3.63) is 0 Å². The summed E-state index contributed by atoms with van der Waals surface area (Å²) in [6, 6.07) is 0. The van der Waals surface area contributed by atoms with E-state index in [0.717, 1.165) is 0 Å². The molecule has 1 unspecified atom stereocenters. The van der Waals surface area contributed by atoms with E-state index in [0.29, 0.717) is 0 Å². The van der Waals surface area contributed by atoms with Crippen LogP contribution in [0.2, 0.25) is 0 Å². The molecule has 0 bridgehead atoms. The third-order valence-corrected chi connectivity index (χ3v) is 3.51. The van der Waals surface area contributed by atoms with Crippen molar-refractivity contribution in [3.8, 4) is 0 Å². The molecule has 7 heteroatoms. The molecule has 0 spiro atoms. The van der Waals surface area contributed by atoms with Crippen LogP contribution in [0.15, 0.2) is 0 Å². The molecular formula is C7H15Cl2N2O2P. The van der Waals surface area contributed by atoms with Crippen LogP contribution >= 0.6 is 30.9 Å². The molecule has 1 fully saturated rings. The molecule has 0 aromatic heterocycles. The lowest BCUT2D eigenvalue weighted by molar-refractivity contribution is 0.233. The summed E-state index contributed by atoms with van der Waals surface area (Å²) in [5, 5.41) is 2.28. The fraction of sp³-hybridized carbons (Fsp3) is 1.00. The zero-order chi connectivity index (χ0) is 17.6. The quantitative estimate of drug-likeness (QED) is 0.611. The van der Waals surface area contributed by atoms with E-state index in [2.05, 4.69) is 5.09 Å². The Morgan fingerprint density at radius 1 is 1.64 bits per heavy atom. The summed E-state index contributed by atoms with van der Waals surface area (Å²) in [6.07, 6.45) is -0.171. The van der Waals surface area contributed by atoms with Gasteiger partial charge in [0.2, 0.25) is 0 Å². The van der Waals surface area contributed by atoms with Crippen molar-refractivity contribution < 1.29 is 20.1 Å². The predicted octanol–water partition coefficient (Wildman–Crippen LogP) is 1.88. The first-order chi connectivity index (χ1) is 9.50. The molecule has 1 rings (SSSR count). The van der Waals surface area contributed by atoms with E-state index >= 15 is 0 Å². The van der Waals surface area contributed by atoms with Crippen LogP contribution in [0, 0.1) is 0 Å². The van der Waals surface area contributed by atoms with E-state index < -0.39 is 38.9 Å². The molecule has 1 heterocycles. The van der Waals surface area contributed by atoms with Gasteiger partial charge < -0.3 is 4.52 Å². The lowest BCUT2D eigenvalue weighted by Crippen LogP contribution is -2.35. The predicted molar refractivity (Wildman–Crippen MR) is 59.2 cm³/mol. The van der Waals surface area contributed by atoms with Crippen LogP contribution in [0.5, 0.6) is 0 Å². The van der Waals surface area contributed by atoms with Crippen LogP contribution in [-0.4, -0.2) is 42.5 Å². The molecule has 0 amide bonds. The third-order valence-electron chi connectivity index (χ3n) is 1.43. The molecule has 1 N–H and O–H groups in total. The van der Waals surface area contributed by atoms with Crippen molar-refractivity contribution in [3.63, 3.8) is 0 Å². The summed E-state index contributed by atoms with van der Waals surface area (Å²) < 4.78 is 77.5. The van der Waals surface area contributed by atoms with Crippen LogP contribution in [-0.2, 0) is 9.09 Å². The summed E-state index contributed by atoms with van der Waals surface area (Å²) in [5.41, 5.74) is 0.